The molecule has 180 valence electrons. The van der Waals surface area contributed by atoms with Crippen LogP contribution in [0, 0.1) is 11.7 Å². The minimum Gasteiger partial charge on any atom is -0.485 e. The summed E-state index contributed by atoms with van der Waals surface area (Å²) in [5, 5.41) is 17.3. The summed E-state index contributed by atoms with van der Waals surface area (Å²) in [6.45, 7) is 5.07. The minimum atomic E-state index is -0.708. The topological polar surface area (TPSA) is 134 Å². The molecule has 11 heteroatoms. The van der Waals surface area contributed by atoms with Gasteiger partial charge in [0.1, 0.15) is 23.4 Å². The number of halogens is 1. The van der Waals surface area contributed by atoms with Gasteiger partial charge in [0, 0.05) is 18.0 Å². The number of benzene rings is 1. The van der Waals surface area contributed by atoms with E-state index in [0.717, 1.165) is 18.9 Å². The first-order valence-corrected chi connectivity index (χ1v) is 10.7. The number of oxime groups is 1. The van der Waals surface area contributed by atoms with Crippen molar-refractivity contribution in [1.82, 2.24) is 10.3 Å². The Bertz CT molecular complexity index is 1060. The van der Waals surface area contributed by atoms with Crippen LogP contribution in [0.25, 0.3) is 0 Å². The summed E-state index contributed by atoms with van der Waals surface area (Å²) in [6, 6.07) is 6.66. The average Bonchev–Trinajstić information content (AvgIpc) is 3.67. The number of rotatable bonds is 11. The number of aliphatic hydroxyl groups excluding tert-OH is 1. The van der Waals surface area contributed by atoms with E-state index in [-0.39, 0.29) is 43.0 Å². The molecule has 2 amide bonds. The summed E-state index contributed by atoms with van der Waals surface area (Å²) in [4.78, 5) is 36.8. The summed E-state index contributed by atoms with van der Waals surface area (Å²) in [7, 11) is 0. The van der Waals surface area contributed by atoms with Crippen molar-refractivity contribution in [3.05, 3.63) is 53.6 Å². The Balaban J connectivity index is 1.52. The Morgan fingerprint density at radius 1 is 1.32 bits per heavy atom. The number of nitrogens with one attached hydrogen (secondary N) is 2. The molecule has 0 aliphatic heterocycles. The normalized spacial score (nSPS) is 14.1. The number of amides is 2. The zero-order valence-electron chi connectivity index (χ0n) is 18.7. The molecule has 2 aromatic rings. The van der Waals surface area contributed by atoms with Crippen molar-refractivity contribution in [3.8, 4) is 5.75 Å². The molecule has 1 atom stereocenters. The molecule has 3 N–H and O–H groups in total. The third kappa shape index (κ3) is 7.07. The van der Waals surface area contributed by atoms with Gasteiger partial charge in [-0.1, -0.05) is 5.16 Å². The fourth-order valence-electron chi connectivity index (χ4n) is 2.88. The maximum atomic E-state index is 14.4. The quantitative estimate of drug-likeness (QED) is 0.200. The van der Waals surface area contributed by atoms with Crippen molar-refractivity contribution >= 4 is 30.1 Å². The lowest BCUT2D eigenvalue weighted by molar-refractivity contribution is 0.0627. The zero-order valence-corrected chi connectivity index (χ0v) is 18.7. The number of hydrogen-bond donors (Lipinski definition) is 3. The number of urea groups is 1. The predicted molar refractivity (Wildman–Crippen MR) is 124 cm³/mol. The maximum Gasteiger partial charge on any atom is 0.319 e. The van der Waals surface area contributed by atoms with E-state index >= 15 is 0 Å². The molecule has 1 heterocycles. The van der Waals surface area contributed by atoms with Crippen molar-refractivity contribution in [2.24, 2.45) is 16.1 Å². The number of pyridine rings is 1. The van der Waals surface area contributed by atoms with E-state index in [2.05, 4.69) is 32.5 Å². The van der Waals surface area contributed by atoms with Crippen molar-refractivity contribution in [3.63, 3.8) is 0 Å². The number of aliphatic imine (C=N–C) groups is 1. The third-order valence-electron chi connectivity index (χ3n) is 4.76. The molecular weight excluding hydrogens is 445 g/mol. The Kier molecular flexibility index (Phi) is 8.63. The summed E-state index contributed by atoms with van der Waals surface area (Å²) >= 11 is 0. The highest BCUT2D eigenvalue weighted by atomic mass is 19.1. The second kappa shape index (κ2) is 11.8. The monoisotopic (exact) mass is 471 g/mol. The van der Waals surface area contributed by atoms with E-state index < -0.39 is 18.0 Å². The molecule has 10 nitrogen and oxygen atoms in total. The van der Waals surface area contributed by atoms with Crippen LogP contribution in [0.3, 0.4) is 0 Å². The van der Waals surface area contributed by atoms with Gasteiger partial charge in [-0.25, -0.2) is 19.2 Å². The van der Waals surface area contributed by atoms with Crippen LogP contribution < -0.4 is 15.4 Å². The molecule has 0 saturated heterocycles. The van der Waals surface area contributed by atoms with Gasteiger partial charge in [0.15, 0.2) is 18.2 Å². The van der Waals surface area contributed by atoms with Crippen LogP contribution in [-0.4, -0.2) is 60.3 Å². The molecule has 1 aliphatic carbocycles. The lowest BCUT2D eigenvalue weighted by Gasteiger charge is -2.13. The summed E-state index contributed by atoms with van der Waals surface area (Å²) in [6.07, 6.45) is 2.94. The van der Waals surface area contributed by atoms with Crippen molar-refractivity contribution in [2.45, 2.75) is 25.9 Å². The first-order valence-electron chi connectivity index (χ1n) is 10.7. The molecule has 1 saturated carbocycles. The highest BCUT2D eigenvalue weighted by Gasteiger charge is 2.31. The molecule has 34 heavy (non-hydrogen) atoms. The van der Waals surface area contributed by atoms with Crippen LogP contribution in [0.1, 0.15) is 35.8 Å². The van der Waals surface area contributed by atoms with Crippen LogP contribution in [-0.2, 0) is 4.84 Å². The van der Waals surface area contributed by atoms with Crippen LogP contribution in [0.15, 0.2) is 46.7 Å². The third-order valence-corrected chi connectivity index (χ3v) is 4.76. The molecule has 1 unspecified atom stereocenters. The number of ketones is 1. The van der Waals surface area contributed by atoms with Gasteiger partial charge >= 0.3 is 6.03 Å². The highest BCUT2D eigenvalue weighted by molar-refractivity contribution is 6.01. The fourth-order valence-corrected chi connectivity index (χ4v) is 2.88. The van der Waals surface area contributed by atoms with E-state index in [1.807, 2.05) is 0 Å². The van der Waals surface area contributed by atoms with Crippen molar-refractivity contribution in [1.29, 1.82) is 0 Å². The van der Waals surface area contributed by atoms with Gasteiger partial charge in [-0.05, 0) is 56.8 Å². The van der Waals surface area contributed by atoms with Crippen LogP contribution >= 0.6 is 0 Å². The highest BCUT2D eigenvalue weighted by Crippen LogP contribution is 2.32. The van der Waals surface area contributed by atoms with Crippen molar-refractivity contribution < 1.29 is 28.7 Å². The smallest absolute Gasteiger partial charge is 0.319 e. The molecule has 0 spiro atoms. The molecule has 3 rings (SSSR count). The van der Waals surface area contributed by atoms with Crippen LogP contribution in [0.5, 0.6) is 5.75 Å². The lowest BCUT2D eigenvalue weighted by atomic mass is 10.2. The lowest BCUT2D eigenvalue weighted by Crippen LogP contribution is -2.31. The summed E-state index contributed by atoms with van der Waals surface area (Å²) < 4.78 is 20.1. The Morgan fingerprint density at radius 3 is 2.74 bits per heavy atom. The number of amidine groups is 1. The van der Waals surface area contributed by atoms with Gasteiger partial charge in [-0.2, -0.15) is 0 Å². The van der Waals surface area contributed by atoms with E-state index in [0.29, 0.717) is 17.0 Å². The van der Waals surface area contributed by atoms with E-state index in [1.54, 1.807) is 19.1 Å². The molecule has 0 bridgehead atoms. The Morgan fingerprint density at radius 2 is 2.12 bits per heavy atom. The number of Topliss-reactive ketones (excluding diaryl/α,β-unsaturated/α-hetero) is 1. The average molecular weight is 471 g/mol. The standard InChI is InChI=1S/C23H26FN5O5/c1-14(34-17-6-8-20(27-12-17)21(31)15-3-4-15)13-33-29-22(25-2)16-5-7-19(18(24)11-16)28-23(32)26-9-10-30/h5-8,11-12,14-15,30H,2-4,9-10,13H2,1H3,(H2,26,28,32)/b29-22-. The van der Waals surface area contributed by atoms with E-state index in [1.165, 1.54) is 18.3 Å². The summed E-state index contributed by atoms with van der Waals surface area (Å²) in [5.74, 6) is -0.00292. The van der Waals surface area contributed by atoms with Crippen molar-refractivity contribution in [2.75, 3.05) is 25.1 Å². The van der Waals surface area contributed by atoms with Crippen LogP contribution in [0.2, 0.25) is 0 Å². The van der Waals surface area contributed by atoms with Gasteiger partial charge in [0.2, 0.25) is 0 Å². The molecule has 1 fully saturated rings. The number of nitrogens with zero attached hydrogens (tertiary/aromatic N) is 3. The number of carbonyl (C=O) groups is 2. The molecule has 1 aromatic carbocycles. The predicted octanol–water partition coefficient (Wildman–Crippen LogP) is 2.77. The molecule has 1 aliphatic rings. The Labute approximate surface area is 195 Å². The van der Waals surface area contributed by atoms with Gasteiger partial charge in [0.05, 0.1) is 18.5 Å². The number of aliphatic hydroxyl groups is 1. The number of ether oxygens (including phenoxy) is 1. The maximum absolute atomic E-state index is 14.4. The second-order valence-corrected chi connectivity index (χ2v) is 7.61. The molecular formula is C23H26FN5O5. The number of hydrogen-bond acceptors (Lipinski definition) is 7. The van der Waals surface area contributed by atoms with Gasteiger partial charge in [-0.3, -0.25) is 4.79 Å². The van der Waals surface area contributed by atoms with Gasteiger partial charge in [0.25, 0.3) is 0 Å². The number of aromatic nitrogens is 1. The first kappa shape index (κ1) is 24.8. The first-order chi connectivity index (χ1) is 16.4. The second-order valence-electron chi connectivity index (χ2n) is 7.61. The zero-order chi connectivity index (χ0) is 24.5. The molecule has 1 aromatic heterocycles. The SMILES string of the molecule is C=N/C(=N\OCC(C)Oc1ccc(C(=O)C2CC2)nc1)c1ccc(NC(=O)NCCO)c(F)c1. The molecule has 0 radical (unpaired) electrons. The number of carbonyl (C=O) groups excluding carboxylic acids is 2. The summed E-state index contributed by atoms with van der Waals surface area (Å²) in [5.41, 5.74) is 0.677. The van der Waals surface area contributed by atoms with Gasteiger partial charge < -0.3 is 25.3 Å². The minimum absolute atomic E-state index is 0.0458. The van der Waals surface area contributed by atoms with E-state index in [9.17, 15) is 14.0 Å². The Hall–Kier alpha value is -3.86. The number of anilines is 1. The van der Waals surface area contributed by atoms with Gasteiger partial charge in [-0.15, -0.1) is 0 Å². The van der Waals surface area contributed by atoms with Crippen LogP contribution in [0.4, 0.5) is 14.9 Å². The largest absolute Gasteiger partial charge is 0.485 e. The van der Waals surface area contributed by atoms with E-state index in [4.69, 9.17) is 14.7 Å². The fraction of sp³-hybridized carbons (Fsp3) is 0.348.